The van der Waals surface area contributed by atoms with Gasteiger partial charge in [-0.25, -0.2) is 9.78 Å². The molecule has 2 aromatic carbocycles. The number of aliphatic hydroxyl groups is 1. The predicted molar refractivity (Wildman–Crippen MR) is 99.1 cm³/mol. The normalized spacial score (nSPS) is 11.6. The lowest BCUT2D eigenvalue weighted by molar-refractivity contribution is 0.0502. The molecular weight excluding hydrogens is 346 g/mol. The van der Waals surface area contributed by atoms with E-state index in [-0.39, 0.29) is 17.2 Å². The fourth-order valence-corrected chi connectivity index (χ4v) is 2.47. The Labute approximate surface area is 155 Å². The first-order chi connectivity index (χ1) is 13.1. The van der Waals surface area contributed by atoms with Crippen LogP contribution < -0.4 is 4.74 Å². The maximum Gasteiger partial charge on any atom is 0.338 e. The van der Waals surface area contributed by atoms with Gasteiger partial charge in [0.2, 0.25) is 0 Å². The summed E-state index contributed by atoms with van der Waals surface area (Å²) in [6.07, 6.45) is 0. The summed E-state index contributed by atoms with van der Waals surface area (Å²) >= 11 is 0. The summed E-state index contributed by atoms with van der Waals surface area (Å²) in [4.78, 5) is 19.3. The number of para-hydroxylation sites is 2. The monoisotopic (exact) mass is 363 g/mol. The maximum absolute atomic E-state index is 12.1. The van der Waals surface area contributed by atoms with Gasteiger partial charge in [-0.1, -0.05) is 12.1 Å². The molecule has 0 amide bonds. The molecule has 0 bridgehead atoms. The number of nitrogens with one attached hydrogen (secondary N) is 1. The molecule has 0 aliphatic carbocycles. The molecule has 27 heavy (non-hydrogen) atoms. The Balaban J connectivity index is 1.73. The van der Waals surface area contributed by atoms with E-state index in [9.17, 15) is 15.2 Å². The lowest BCUT2D eigenvalue weighted by Gasteiger charge is -2.07. The van der Waals surface area contributed by atoms with Crippen LogP contribution >= 0.6 is 0 Å². The number of carbonyl (C=O) groups is 1. The molecule has 0 saturated heterocycles. The highest BCUT2D eigenvalue weighted by molar-refractivity contribution is 5.90. The molecule has 3 aromatic rings. The molecular formula is C20H17N3O4. The highest BCUT2D eigenvalue weighted by atomic mass is 16.5. The van der Waals surface area contributed by atoms with Gasteiger partial charge in [0.1, 0.15) is 24.0 Å². The number of aromatic amines is 1. The molecule has 0 spiro atoms. The number of rotatable bonds is 6. The van der Waals surface area contributed by atoms with Crippen molar-refractivity contribution in [2.45, 2.75) is 6.92 Å². The molecule has 136 valence electrons. The first-order valence-electron chi connectivity index (χ1n) is 8.29. The lowest BCUT2D eigenvalue weighted by atomic mass is 10.2. The molecule has 1 heterocycles. The van der Waals surface area contributed by atoms with Crippen LogP contribution in [0.25, 0.3) is 16.6 Å². The van der Waals surface area contributed by atoms with E-state index in [4.69, 9.17) is 9.47 Å². The number of aliphatic hydroxyl groups excluding tert-OH is 1. The number of ether oxygens (including phenoxy) is 2. The van der Waals surface area contributed by atoms with Gasteiger partial charge in [-0.15, -0.1) is 0 Å². The Morgan fingerprint density at radius 2 is 1.96 bits per heavy atom. The number of nitrogens with zero attached hydrogens (tertiary/aromatic N) is 2. The molecule has 0 aliphatic heterocycles. The number of H-pyrrole nitrogens is 1. The summed E-state index contributed by atoms with van der Waals surface area (Å²) in [5, 5.41) is 19.6. The Morgan fingerprint density at radius 1 is 1.22 bits per heavy atom. The highest BCUT2D eigenvalue weighted by Gasteiger charge is 2.15. The standard InChI is InChI=1S/C20H17N3O4/c1-2-26-14-9-7-13(8-10-14)20(25)27-12-18(24)15(11-21)19-22-16-5-3-4-6-17(16)23-19/h3-10,24H,2,12H2,1H3,(H,22,23)/b18-15-. The largest absolute Gasteiger partial charge is 0.507 e. The zero-order valence-electron chi connectivity index (χ0n) is 14.6. The second kappa shape index (κ2) is 8.06. The van der Waals surface area contributed by atoms with Gasteiger partial charge in [-0.3, -0.25) is 0 Å². The van der Waals surface area contributed by atoms with Gasteiger partial charge >= 0.3 is 5.97 Å². The van der Waals surface area contributed by atoms with Crippen molar-refractivity contribution in [3.63, 3.8) is 0 Å². The van der Waals surface area contributed by atoms with Crippen LogP contribution in [0.5, 0.6) is 5.75 Å². The van der Waals surface area contributed by atoms with Crippen molar-refractivity contribution >= 4 is 22.6 Å². The molecule has 0 saturated carbocycles. The summed E-state index contributed by atoms with van der Waals surface area (Å²) in [7, 11) is 0. The van der Waals surface area contributed by atoms with Crippen molar-refractivity contribution in [1.82, 2.24) is 9.97 Å². The first kappa shape index (κ1) is 18.0. The van der Waals surface area contributed by atoms with E-state index in [1.165, 1.54) is 0 Å². The predicted octanol–water partition coefficient (Wildman–Crippen LogP) is 3.61. The lowest BCUT2D eigenvalue weighted by Crippen LogP contribution is -2.09. The molecule has 7 heteroatoms. The van der Waals surface area contributed by atoms with E-state index in [0.29, 0.717) is 23.4 Å². The Bertz CT molecular complexity index is 996. The number of esters is 1. The number of fused-ring (bicyclic) bond motifs is 1. The smallest absolute Gasteiger partial charge is 0.338 e. The number of hydrogen-bond donors (Lipinski definition) is 2. The summed E-state index contributed by atoms with van der Waals surface area (Å²) in [6.45, 7) is 1.96. The van der Waals surface area contributed by atoms with Gasteiger partial charge in [0.05, 0.1) is 23.2 Å². The SMILES string of the molecule is CCOc1ccc(C(=O)OC/C(O)=C(\C#N)c2nc3ccccc3[nH]2)cc1. The van der Waals surface area contributed by atoms with Crippen LogP contribution in [0.1, 0.15) is 23.1 Å². The number of hydrogen-bond acceptors (Lipinski definition) is 6. The fraction of sp³-hybridized carbons (Fsp3) is 0.150. The summed E-state index contributed by atoms with van der Waals surface area (Å²) in [5.74, 6) is -0.135. The van der Waals surface area contributed by atoms with Gasteiger partial charge in [0.25, 0.3) is 0 Å². The molecule has 0 fully saturated rings. The molecule has 0 radical (unpaired) electrons. The van der Waals surface area contributed by atoms with E-state index >= 15 is 0 Å². The second-order valence-corrected chi connectivity index (χ2v) is 5.57. The van der Waals surface area contributed by atoms with Crippen molar-refractivity contribution < 1.29 is 19.4 Å². The molecule has 7 nitrogen and oxygen atoms in total. The van der Waals surface area contributed by atoms with Gasteiger partial charge in [-0.05, 0) is 43.3 Å². The van der Waals surface area contributed by atoms with E-state index in [2.05, 4.69) is 9.97 Å². The molecule has 0 atom stereocenters. The van der Waals surface area contributed by atoms with Crippen LogP contribution in [-0.4, -0.2) is 34.3 Å². The average molecular weight is 363 g/mol. The average Bonchev–Trinajstić information content (AvgIpc) is 3.11. The zero-order valence-corrected chi connectivity index (χ0v) is 14.6. The van der Waals surface area contributed by atoms with Gasteiger partial charge in [0, 0.05) is 0 Å². The minimum Gasteiger partial charge on any atom is -0.507 e. The number of aromatic nitrogens is 2. The fourth-order valence-electron chi connectivity index (χ4n) is 2.47. The summed E-state index contributed by atoms with van der Waals surface area (Å²) in [5.41, 5.74) is 1.64. The van der Waals surface area contributed by atoms with E-state index in [1.807, 2.05) is 31.2 Å². The molecule has 3 rings (SSSR count). The van der Waals surface area contributed by atoms with Crippen molar-refractivity contribution in [2.24, 2.45) is 0 Å². The zero-order chi connectivity index (χ0) is 19.2. The number of allylic oxidation sites excluding steroid dienone is 1. The van der Waals surface area contributed by atoms with Gasteiger partial charge in [0.15, 0.2) is 11.6 Å². The molecule has 0 unspecified atom stereocenters. The minimum atomic E-state index is -0.619. The highest BCUT2D eigenvalue weighted by Crippen LogP contribution is 2.19. The topological polar surface area (TPSA) is 108 Å². The van der Waals surface area contributed by atoms with Crippen LogP contribution in [0.2, 0.25) is 0 Å². The van der Waals surface area contributed by atoms with Gasteiger partial charge in [-0.2, -0.15) is 5.26 Å². The van der Waals surface area contributed by atoms with Crippen LogP contribution in [0.4, 0.5) is 0 Å². The number of imidazole rings is 1. The molecule has 2 N–H and O–H groups in total. The van der Waals surface area contributed by atoms with Crippen LogP contribution in [0.15, 0.2) is 54.3 Å². The van der Waals surface area contributed by atoms with Gasteiger partial charge < -0.3 is 19.6 Å². The Kier molecular flexibility index (Phi) is 5.38. The van der Waals surface area contributed by atoms with E-state index in [0.717, 1.165) is 5.52 Å². The summed E-state index contributed by atoms with van der Waals surface area (Å²) < 4.78 is 10.4. The van der Waals surface area contributed by atoms with Crippen LogP contribution in [-0.2, 0) is 4.74 Å². The molecule has 1 aromatic heterocycles. The number of benzene rings is 2. The van der Waals surface area contributed by atoms with Crippen molar-refractivity contribution in [2.75, 3.05) is 13.2 Å². The quantitative estimate of drug-likeness (QED) is 0.393. The van der Waals surface area contributed by atoms with Crippen molar-refractivity contribution in [3.8, 4) is 11.8 Å². The van der Waals surface area contributed by atoms with Crippen LogP contribution in [0, 0.1) is 11.3 Å². The van der Waals surface area contributed by atoms with E-state index < -0.39 is 12.6 Å². The third-order valence-corrected chi connectivity index (χ3v) is 3.77. The van der Waals surface area contributed by atoms with Crippen LogP contribution in [0.3, 0.4) is 0 Å². The Hall–Kier alpha value is -3.79. The number of nitriles is 1. The summed E-state index contributed by atoms with van der Waals surface area (Å²) in [6, 6.07) is 15.6. The third kappa shape index (κ3) is 4.07. The third-order valence-electron chi connectivity index (χ3n) is 3.77. The molecule has 0 aliphatic rings. The van der Waals surface area contributed by atoms with E-state index in [1.54, 1.807) is 30.3 Å². The second-order valence-electron chi connectivity index (χ2n) is 5.57. The maximum atomic E-state index is 12.1. The minimum absolute atomic E-state index is 0.0781. The Morgan fingerprint density at radius 3 is 2.63 bits per heavy atom. The first-order valence-corrected chi connectivity index (χ1v) is 8.29. The van der Waals surface area contributed by atoms with Crippen molar-refractivity contribution in [1.29, 1.82) is 5.26 Å². The number of carbonyl (C=O) groups excluding carboxylic acids is 1. The van der Waals surface area contributed by atoms with Crippen molar-refractivity contribution in [3.05, 3.63) is 65.7 Å².